The van der Waals surface area contributed by atoms with Crippen LogP contribution in [0.5, 0.6) is 0 Å². The van der Waals surface area contributed by atoms with Crippen LogP contribution >= 0.6 is 34.8 Å². The predicted octanol–water partition coefficient (Wildman–Crippen LogP) is 5.40. The SMILES string of the molecule is O=C(Nc1ccc(Cl)c(Cl)c1)OCc1ccc(Cl)cc1. The number of carbonyl (C=O) groups is 1. The molecule has 104 valence electrons. The zero-order valence-electron chi connectivity index (χ0n) is 10.2. The van der Waals surface area contributed by atoms with E-state index in [1.165, 1.54) is 0 Å². The minimum Gasteiger partial charge on any atom is -0.444 e. The van der Waals surface area contributed by atoms with Gasteiger partial charge < -0.3 is 4.74 Å². The van der Waals surface area contributed by atoms with Crippen molar-refractivity contribution in [1.29, 1.82) is 0 Å². The Morgan fingerprint density at radius 1 is 1.00 bits per heavy atom. The number of ether oxygens (including phenoxy) is 1. The molecule has 0 unspecified atom stereocenters. The normalized spacial score (nSPS) is 10.2. The van der Waals surface area contributed by atoms with Crippen molar-refractivity contribution in [1.82, 2.24) is 0 Å². The molecule has 0 saturated heterocycles. The summed E-state index contributed by atoms with van der Waals surface area (Å²) in [5, 5.41) is 3.98. The van der Waals surface area contributed by atoms with Crippen molar-refractivity contribution >= 4 is 46.6 Å². The number of hydrogen-bond acceptors (Lipinski definition) is 2. The third-order valence-corrected chi connectivity index (χ3v) is 3.44. The Bertz CT molecular complexity index is 614. The molecule has 0 aromatic heterocycles. The minimum absolute atomic E-state index is 0.157. The highest BCUT2D eigenvalue weighted by Gasteiger charge is 2.05. The van der Waals surface area contributed by atoms with Crippen molar-refractivity contribution < 1.29 is 9.53 Å². The Hall–Kier alpha value is -1.42. The van der Waals surface area contributed by atoms with Gasteiger partial charge in [0.2, 0.25) is 0 Å². The molecule has 1 N–H and O–H groups in total. The molecule has 0 atom stereocenters. The second-order valence-corrected chi connectivity index (χ2v) is 5.21. The van der Waals surface area contributed by atoms with Crippen LogP contribution in [0.15, 0.2) is 42.5 Å². The Morgan fingerprint density at radius 2 is 1.70 bits per heavy atom. The van der Waals surface area contributed by atoms with Crippen LogP contribution in [0.3, 0.4) is 0 Å². The van der Waals surface area contributed by atoms with Gasteiger partial charge >= 0.3 is 6.09 Å². The smallest absolute Gasteiger partial charge is 0.411 e. The van der Waals surface area contributed by atoms with E-state index < -0.39 is 6.09 Å². The summed E-state index contributed by atoms with van der Waals surface area (Å²) in [6.45, 7) is 0.157. The summed E-state index contributed by atoms with van der Waals surface area (Å²) >= 11 is 17.4. The van der Waals surface area contributed by atoms with Gasteiger partial charge in [-0.25, -0.2) is 4.79 Å². The molecule has 0 spiro atoms. The standard InChI is InChI=1S/C14H10Cl3NO2/c15-10-3-1-9(2-4-10)8-20-14(19)18-11-5-6-12(16)13(17)7-11/h1-7H,8H2,(H,18,19). The molecule has 2 aromatic rings. The number of anilines is 1. The summed E-state index contributed by atoms with van der Waals surface area (Å²) in [7, 11) is 0. The zero-order valence-corrected chi connectivity index (χ0v) is 12.5. The third-order valence-electron chi connectivity index (χ3n) is 2.45. The largest absolute Gasteiger partial charge is 0.444 e. The summed E-state index contributed by atoms with van der Waals surface area (Å²) in [5.74, 6) is 0. The van der Waals surface area contributed by atoms with Gasteiger partial charge in [-0.05, 0) is 35.9 Å². The molecular weight excluding hydrogens is 321 g/mol. The van der Waals surface area contributed by atoms with Gasteiger partial charge in [0, 0.05) is 10.7 Å². The van der Waals surface area contributed by atoms with Gasteiger partial charge in [0.05, 0.1) is 10.0 Å². The molecule has 2 aromatic carbocycles. The predicted molar refractivity (Wildman–Crippen MR) is 81.7 cm³/mol. The maximum absolute atomic E-state index is 11.6. The van der Waals surface area contributed by atoms with E-state index in [4.69, 9.17) is 39.5 Å². The highest BCUT2D eigenvalue weighted by molar-refractivity contribution is 6.42. The molecule has 0 fully saturated rings. The van der Waals surface area contributed by atoms with Crippen molar-refractivity contribution in [3.63, 3.8) is 0 Å². The molecule has 0 aliphatic carbocycles. The lowest BCUT2D eigenvalue weighted by Crippen LogP contribution is -2.13. The maximum atomic E-state index is 11.6. The fourth-order valence-electron chi connectivity index (χ4n) is 1.46. The van der Waals surface area contributed by atoms with E-state index in [9.17, 15) is 4.79 Å². The van der Waals surface area contributed by atoms with Crippen LogP contribution in [-0.2, 0) is 11.3 Å². The van der Waals surface area contributed by atoms with Gasteiger partial charge in [0.25, 0.3) is 0 Å². The lowest BCUT2D eigenvalue weighted by molar-refractivity contribution is 0.155. The van der Waals surface area contributed by atoms with Crippen LogP contribution in [-0.4, -0.2) is 6.09 Å². The van der Waals surface area contributed by atoms with E-state index >= 15 is 0 Å². The fraction of sp³-hybridized carbons (Fsp3) is 0.0714. The Morgan fingerprint density at radius 3 is 2.35 bits per heavy atom. The van der Waals surface area contributed by atoms with E-state index in [0.717, 1.165) is 5.56 Å². The van der Waals surface area contributed by atoms with Crippen LogP contribution in [0, 0.1) is 0 Å². The first kappa shape index (κ1) is 15.0. The van der Waals surface area contributed by atoms with E-state index in [-0.39, 0.29) is 6.61 Å². The summed E-state index contributed by atoms with van der Waals surface area (Å²) in [5.41, 5.74) is 1.36. The minimum atomic E-state index is -0.571. The summed E-state index contributed by atoms with van der Waals surface area (Å²) in [4.78, 5) is 11.6. The Labute approximate surface area is 131 Å². The van der Waals surface area contributed by atoms with Crippen molar-refractivity contribution in [2.45, 2.75) is 6.61 Å². The van der Waals surface area contributed by atoms with Gasteiger partial charge in [-0.1, -0.05) is 46.9 Å². The van der Waals surface area contributed by atoms with E-state index in [1.54, 1.807) is 42.5 Å². The molecule has 0 aliphatic heterocycles. The van der Waals surface area contributed by atoms with Crippen molar-refractivity contribution in [3.05, 3.63) is 63.1 Å². The highest BCUT2D eigenvalue weighted by Crippen LogP contribution is 2.25. The number of rotatable bonds is 3. The first-order valence-corrected chi connectivity index (χ1v) is 6.81. The zero-order chi connectivity index (χ0) is 14.5. The summed E-state index contributed by atoms with van der Waals surface area (Å²) in [6, 6.07) is 11.8. The number of amides is 1. The molecule has 0 saturated carbocycles. The van der Waals surface area contributed by atoms with Crippen LogP contribution in [0.2, 0.25) is 15.1 Å². The first-order chi connectivity index (χ1) is 9.54. The van der Waals surface area contributed by atoms with Gasteiger partial charge in [0.1, 0.15) is 6.61 Å². The summed E-state index contributed by atoms with van der Waals surface area (Å²) < 4.78 is 5.07. The molecule has 0 heterocycles. The number of carbonyl (C=O) groups excluding carboxylic acids is 1. The molecule has 0 bridgehead atoms. The Kier molecular flexibility index (Phi) is 5.12. The molecule has 1 amide bonds. The molecule has 3 nitrogen and oxygen atoms in total. The quantitative estimate of drug-likeness (QED) is 0.818. The molecule has 0 aliphatic rings. The van der Waals surface area contributed by atoms with Gasteiger partial charge in [-0.15, -0.1) is 0 Å². The number of halogens is 3. The summed E-state index contributed by atoms with van der Waals surface area (Å²) in [6.07, 6.45) is -0.571. The van der Waals surface area contributed by atoms with E-state index in [0.29, 0.717) is 20.8 Å². The average Bonchev–Trinajstić information content (AvgIpc) is 2.42. The van der Waals surface area contributed by atoms with Gasteiger partial charge in [-0.2, -0.15) is 0 Å². The molecule has 0 radical (unpaired) electrons. The van der Waals surface area contributed by atoms with E-state index in [2.05, 4.69) is 5.32 Å². The van der Waals surface area contributed by atoms with E-state index in [1.807, 2.05) is 0 Å². The topological polar surface area (TPSA) is 38.3 Å². The number of benzene rings is 2. The molecule has 2 rings (SSSR count). The van der Waals surface area contributed by atoms with Gasteiger partial charge in [0.15, 0.2) is 0 Å². The van der Waals surface area contributed by atoms with Crippen LogP contribution in [0.4, 0.5) is 10.5 Å². The van der Waals surface area contributed by atoms with Crippen LogP contribution in [0.1, 0.15) is 5.56 Å². The van der Waals surface area contributed by atoms with Gasteiger partial charge in [-0.3, -0.25) is 5.32 Å². The first-order valence-electron chi connectivity index (χ1n) is 5.68. The van der Waals surface area contributed by atoms with Crippen molar-refractivity contribution in [2.24, 2.45) is 0 Å². The lowest BCUT2D eigenvalue weighted by Gasteiger charge is -2.08. The number of nitrogens with one attached hydrogen (secondary N) is 1. The van der Waals surface area contributed by atoms with Crippen LogP contribution < -0.4 is 5.32 Å². The van der Waals surface area contributed by atoms with Crippen molar-refractivity contribution in [3.8, 4) is 0 Å². The highest BCUT2D eigenvalue weighted by atomic mass is 35.5. The number of hydrogen-bond donors (Lipinski definition) is 1. The molecular formula is C14H10Cl3NO2. The second-order valence-electron chi connectivity index (χ2n) is 3.96. The van der Waals surface area contributed by atoms with Crippen LogP contribution in [0.25, 0.3) is 0 Å². The second kappa shape index (κ2) is 6.84. The molecule has 6 heteroatoms. The monoisotopic (exact) mass is 329 g/mol. The lowest BCUT2D eigenvalue weighted by atomic mass is 10.2. The fourth-order valence-corrected chi connectivity index (χ4v) is 1.88. The Balaban J connectivity index is 1.89. The third kappa shape index (κ3) is 4.30. The molecule has 20 heavy (non-hydrogen) atoms. The van der Waals surface area contributed by atoms with Crippen molar-refractivity contribution in [2.75, 3.05) is 5.32 Å². The average molecular weight is 331 g/mol. The maximum Gasteiger partial charge on any atom is 0.411 e.